The summed E-state index contributed by atoms with van der Waals surface area (Å²) in [6, 6.07) is 5.82. The molecule has 6 nitrogen and oxygen atoms in total. The lowest BCUT2D eigenvalue weighted by Crippen LogP contribution is -2.04. The van der Waals surface area contributed by atoms with Crippen LogP contribution < -0.4 is 10.2 Å². The Morgan fingerprint density at radius 1 is 0.964 bits per heavy atom. The fourth-order valence-corrected chi connectivity index (χ4v) is 3.49. The summed E-state index contributed by atoms with van der Waals surface area (Å²) >= 11 is 0. The molecule has 0 aliphatic carbocycles. The maximum Gasteiger partial charge on any atom is 0.197 e. The van der Waals surface area contributed by atoms with Gasteiger partial charge in [0.2, 0.25) is 0 Å². The summed E-state index contributed by atoms with van der Waals surface area (Å²) in [5.41, 5.74) is 1.42. The van der Waals surface area contributed by atoms with Gasteiger partial charge in [0.15, 0.2) is 16.9 Å². The zero-order valence-electron chi connectivity index (χ0n) is 16.2. The molecule has 0 amide bonds. The molecule has 148 valence electrons. The van der Waals surface area contributed by atoms with E-state index in [1.165, 1.54) is 19.2 Å². The number of phenols is 3. The number of ether oxygens (including phenoxy) is 1. The van der Waals surface area contributed by atoms with Gasteiger partial charge in [-0.1, -0.05) is 26.7 Å². The van der Waals surface area contributed by atoms with Crippen LogP contribution in [0.4, 0.5) is 0 Å². The molecule has 28 heavy (non-hydrogen) atoms. The van der Waals surface area contributed by atoms with Gasteiger partial charge < -0.3 is 24.5 Å². The van der Waals surface area contributed by atoms with Crippen molar-refractivity contribution in [2.45, 2.75) is 39.5 Å². The summed E-state index contributed by atoms with van der Waals surface area (Å²) in [7, 11) is 1.48. The third-order valence-corrected chi connectivity index (χ3v) is 4.79. The summed E-state index contributed by atoms with van der Waals surface area (Å²) in [5, 5.41) is 31.0. The van der Waals surface area contributed by atoms with Crippen molar-refractivity contribution in [2.75, 3.05) is 7.11 Å². The number of aromatic hydroxyl groups is 3. The Kier molecular flexibility index (Phi) is 5.49. The van der Waals surface area contributed by atoms with Gasteiger partial charge in [-0.05, 0) is 25.0 Å². The van der Waals surface area contributed by atoms with Crippen LogP contribution in [0.1, 0.15) is 37.8 Å². The van der Waals surface area contributed by atoms with Crippen LogP contribution in [0.2, 0.25) is 0 Å². The van der Waals surface area contributed by atoms with E-state index in [2.05, 4.69) is 0 Å². The zero-order valence-corrected chi connectivity index (χ0v) is 16.2. The second kappa shape index (κ2) is 7.84. The minimum Gasteiger partial charge on any atom is -0.507 e. The Morgan fingerprint density at radius 3 is 2.29 bits per heavy atom. The maximum absolute atomic E-state index is 12.7. The van der Waals surface area contributed by atoms with E-state index in [0.717, 1.165) is 12.8 Å². The molecule has 6 heteroatoms. The minimum atomic E-state index is -0.413. The number of rotatable bonds is 6. The molecule has 3 aromatic rings. The molecule has 0 bridgehead atoms. The molecule has 0 saturated heterocycles. The van der Waals surface area contributed by atoms with Gasteiger partial charge in [0.25, 0.3) is 0 Å². The molecule has 0 atom stereocenters. The fourth-order valence-electron chi connectivity index (χ4n) is 3.49. The van der Waals surface area contributed by atoms with Gasteiger partial charge in [0, 0.05) is 28.8 Å². The third kappa shape index (κ3) is 3.26. The first kappa shape index (κ1) is 19.6. The van der Waals surface area contributed by atoms with Crippen LogP contribution >= 0.6 is 0 Å². The Balaban J connectivity index is 2.35. The fraction of sp³-hybridized carbons (Fsp3) is 0.318. The van der Waals surface area contributed by atoms with Crippen molar-refractivity contribution in [1.29, 1.82) is 0 Å². The first-order valence-electron chi connectivity index (χ1n) is 9.33. The molecule has 1 heterocycles. The number of fused-ring (bicyclic) bond motifs is 1. The first-order valence-corrected chi connectivity index (χ1v) is 9.33. The molecule has 1 aromatic heterocycles. The quantitative estimate of drug-likeness (QED) is 0.579. The molecule has 0 unspecified atom stereocenters. The highest BCUT2D eigenvalue weighted by atomic mass is 16.5. The van der Waals surface area contributed by atoms with Crippen LogP contribution in [0, 0.1) is 0 Å². The molecule has 3 N–H and O–H groups in total. The molecule has 0 saturated carbocycles. The lowest BCUT2D eigenvalue weighted by atomic mass is 9.98. The van der Waals surface area contributed by atoms with E-state index in [1.807, 2.05) is 13.8 Å². The van der Waals surface area contributed by atoms with Crippen LogP contribution in [0.25, 0.3) is 22.3 Å². The summed E-state index contributed by atoms with van der Waals surface area (Å²) in [5.74, 6) is 0.188. The third-order valence-electron chi connectivity index (χ3n) is 4.79. The molecule has 0 radical (unpaired) electrons. The normalized spacial score (nSPS) is 11.1. The number of hydrogen-bond donors (Lipinski definition) is 3. The standard InChI is InChI=1S/C22H24O6/c1-4-6-13-12(8-9-18(27-3)21(13)26)19-11-17(25)20-16(24)10-15(23)14(7-5-2)22(20)28-19/h8-11,23-24,26H,4-7H2,1-3H3. The van der Waals surface area contributed by atoms with Crippen LogP contribution in [0.3, 0.4) is 0 Å². The Labute approximate surface area is 162 Å². The Hall–Kier alpha value is -3.15. The van der Waals surface area contributed by atoms with Crippen molar-refractivity contribution in [2.24, 2.45) is 0 Å². The molecule has 0 fully saturated rings. The van der Waals surface area contributed by atoms with E-state index in [1.54, 1.807) is 12.1 Å². The maximum atomic E-state index is 12.7. The van der Waals surface area contributed by atoms with E-state index in [0.29, 0.717) is 35.3 Å². The smallest absolute Gasteiger partial charge is 0.197 e. The van der Waals surface area contributed by atoms with Crippen molar-refractivity contribution >= 4 is 11.0 Å². The highest BCUT2D eigenvalue weighted by Gasteiger charge is 2.20. The van der Waals surface area contributed by atoms with Gasteiger partial charge >= 0.3 is 0 Å². The van der Waals surface area contributed by atoms with E-state index in [4.69, 9.17) is 9.15 Å². The zero-order chi connectivity index (χ0) is 20.4. The molecule has 0 aliphatic rings. The molecule has 2 aromatic carbocycles. The highest BCUT2D eigenvalue weighted by molar-refractivity contribution is 5.89. The summed E-state index contributed by atoms with van der Waals surface area (Å²) < 4.78 is 11.2. The van der Waals surface area contributed by atoms with Gasteiger partial charge in [0.05, 0.1) is 7.11 Å². The molecular weight excluding hydrogens is 360 g/mol. The molecule has 0 aliphatic heterocycles. The number of benzene rings is 2. The lowest BCUT2D eigenvalue weighted by molar-refractivity contribution is 0.370. The van der Waals surface area contributed by atoms with E-state index < -0.39 is 5.43 Å². The SMILES string of the molecule is CCCc1c(-c2cc(=O)c3c(O)cc(O)c(CCC)c3o2)ccc(OC)c1O. The van der Waals surface area contributed by atoms with Gasteiger partial charge in [-0.25, -0.2) is 0 Å². The second-order valence-electron chi connectivity index (χ2n) is 6.71. The average Bonchev–Trinajstić information content (AvgIpc) is 2.66. The summed E-state index contributed by atoms with van der Waals surface area (Å²) in [6.07, 6.45) is 2.55. The average molecular weight is 384 g/mol. The lowest BCUT2D eigenvalue weighted by Gasteiger charge is -2.15. The van der Waals surface area contributed by atoms with Crippen molar-refractivity contribution in [3.63, 3.8) is 0 Å². The van der Waals surface area contributed by atoms with Gasteiger partial charge in [-0.2, -0.15) is 0 Å². The van der Waals surface area contributed by atoms with Crippen LogP contribution in [0.15, 0.2) is 33.5 Å². The second-order valence-corrected chi connectivity index (χ2v) is 6.71. The van der Waals surface area contributed by atoms with E-state index in [9.17, 15) is 20.1 Å². The largest absolute Gasteiger partial charge is 0.507 e. The number of phenolic OH excluding ortho intramolecular Hbond substituents is 3. The van der Waals surface area contributed by atoms with E-state index in [-0.39, 0.29) is 34.0 Å². The summed E-state index contributed by atoms with van der Waals surface area (Å²) in [4.78, 5) is 12.7. The van der Waals surface area contributed by atoms with Gasteiger partial charge in [-0.15, -0.1) is 0 Å². The molecule has 3 rings (SSSR count). The number of aryl methyl sites for hydroxylation is 1. The molecular formula is C22H24O6. The van der Waals surface area contributed by atoms with Crippen LogP contribution in [0.5, 0.6) is 23.0 Å². The van der Waals surface area contributed by atoms with Crippen molar-refractivity contribution in [3.8, 4) is 34.3 Å². The summed E-state index contributed by atoms with van der Waals surface area (Å²) in [6.45, 7) is 3.93. The number of hydrogen-bond acceptors (Lipinski definition) is 6. The molecule has 0 spiro atoms. The number of methoxy groups -OCH3 is 1. The predicted octanol–water partition coefficient (Wildman–Crippen LogP) is 4.49. The topological polar surface area (TPSA) is 100 Å². The predicted molar refractivity (Wildman–Crippen MR) is 107 cm³/mol. The highest BCUT2D eigenvalue weighted by Crippen LogP contribution is 2.40. The monoisotopic (exact) mass is 384 g/mol. The van der Waals surface area contributed by atoms with Crippen LogP contribution in [-0.2, 0) is 12.8 Å². The van der Waals surface area contributed by atoms with Crippen LogP contribution in [-0.4, -0.2) is 22.4 Å². The van der Waals surface area contributed by atoms with Gasteiger partial charge in [-0.3, -0.25) is 4.79 Å². The van der Waals surface area contributed by atoms with Crippen molar-refractivity contribution in [1.82, 2.24) is 0 Å². The van der Waals surface area contributed by atoms with E-state index >= 15 is 0 Å². The Morgan fingerprint density at radius 2 is 1.64 bits per heavy atom. The first-order chi connectivity index (χ1) is 13.4. The van der Waals surface area contributed by atoms with Crippen molar-refractivity contribution < 1.29 is 24.5 Å². The van der Waals surface area contributed by atoms with Gasteiger partial charge in [0.1, 0.15) is 28.2 Å². The Bertz CT molecular complexity index is 1080. The van der Waals surface area contributed by atoms with Crippen molar-refractivity contribution in [3.05, 3.63) is 45.6 Å². The minimum absolute atomic E-state index is 0.0112.